The maximum Gasteiger partial charge on any atom is 0.357 e. The SMILES string of the molecule is COc1ccc(-c2c(C(=O)O)nn(C)c2C)cc1F. The van der Waals surface area contributed by atoms with Crippen LogP contribution in [0.1, 0.15) is 16.2 Å². The largest absolute Gasteiger partial charge is 0.494 e. The van der Waals surface area contributed by atoms with Crippen LogP contribution in [-0.2, 0) is 7.05 Å². The molecule has 0 aliphatic rings. The van der Waals surface area contributed by atoms with Crippen LogP contribution in [0.2, 0.25) is 0 Å². The van der Waals surface area contributed by atoms with Crippen LogP contribution in [-0.4, -0.2) is 28.0 Å². The monoisotopic (exact) mass is 264 g/mol. The van der Waals surface area contributed by atoms with Gasteiger partial charge in [0.15, 0.2) is 17.3 Å². The van der Waals surface area contributed by atoms with Crippen LogP contribution in [0.25, 0.3) is 11.1 Å². The molecule has 0 aliphatic carbocycles. The Morgan fingerprint density at radius 3 is 2.68 bits per heavy atom. The summed E-state index contributed by atoms with van der Waals surface area (Å²) in [6.45, 7) is 1.73. The van der Waals surface area contributed by atoms with E-state index in [-0.39, 0.29) is 11.4 Å². The smallest absolute Gasteiger partial charge is 0.357 e. The molecule has 1 N–H and O–H groups in total. The van der Waals surface area contributed by atoms with Gasteiger partial charge in [-0.05, 0) is 24.6 Å². The van der Waals surface area contributed by atoms with Crippen LogP contribution in [0.15, 0.2) is 18.2 Å². The van der Waals surface area contributed by atoms with Crippen molar-refractivity contribution in [2.24, 2.45) is 7.05 Å². The number of aryl methyl sites for hydroxylation is 1. The second kappa shape index (κ2) is 4.72. The average Bonchev–Trinajstić information content (AvgIpc) is 2.66. The molecular weight excluding hydrogens is 251 g/mol. The third kappa shape index (κ3) is 2.16. The van der Waals surface area contributed by atoms with Crippen LogP contribution < -0.4 is 4.74 Å². The van der Waals surface area contributed by atoms with E-state index in [2.05, 4.69) is 5.10 Å². The van der Waals surface area contributed by atoms with Gasteiger partial charge in [0.2, 0.25) is 0 Å². The summed E-state index contributed by atoms with van der Waals surface area (Å²) in [4.78, 5) is 11.2. The third-order valence-electron chi connectivity index (χ3n) is 2.98. The summed E-state index contributed by atoms with van der Waals surface area (Å²) >= 11 is 0. The Balaban J connectivity index is 2.64. The first kappa shape index (κ1) is 13.1. The summed E-state index contributed by atoms with van der Waals surface area (Å²) in [5.41, 5.74) is 1.43. The van der Waals surface area contributed by atoms with Crippen molar-refractivity contribution in [1.82, 2.24) is 9.78 Å². The Morgan fingerprint density at radius 2 is 2.16 bits per heavy atom. The van der Waals surface area contributed by atoms with E-state index in [9.17, 15) is 9.18 Å². The van der Waals surface area contributed by atoms with Gasteiger partial charge in [0.05, 0.1) is 7.11 Å². The zero-order chi connectivity index (χ0) is 14.2. The minimum Gasteiger partial charge on any atom is -0.494 e. The van der Waals surface area contributed by atoms with Gasteiger partial charge < -0.3 is 9.84 Å². The highest BCUT2D eigenvalue weighted by Gasteiger charge is 2.21. The first-order chi connectivity index (χ1) is 8.95. The zero-order valence-electron chi connectivity index (χ0n) is 10.8. The molecule has 100 valence electrons. The molecular formula is C13H13FN2O3. The highest BCUT2D eigenvalue weighted by atomic mass is 19.1. The number of hydrogen-bond acceptors (Lipinski definition) is 3. The fraction of sp³-hybridized carbons (Fsp3) is 0.231. The first-order valence-electron chi connectivity index (χ1n) is 5.56. The molecule has 0 aliphatic heterocycles. The number of aromatic carboxylic acids is 1. The van der Waals surface area contributed by atoms with E-state index in [1.54, 1.807) is 20.0 Å². The van der Waals surface area contributed by atoms with Gasteiger partial charge in [-0.25, -0.2) is 9.18 Å². The molecule has 1 aromatic carbocycles. The van der Waals surface area contributed by atoms with Gasteiger partial charge in [0, 0.05) is 18.3 Å². The van der Waals surface area contributed by atoms with Gasteiger partial charge in [0.1, 0.15) is 0 Å². The molecule has 2 aromatic rings. The zero-order valence-corrected chi connectivity index (χ0v) is 10.8. The van der Waals surface area contributed by atoms with Crippen LogP contribution >= 0.6 is 0 Å². The molecule has 0 fully saturated rings. The Labute approximate surface area is 109 Å². The van der Waals surface area contributed by atoms with Crippen LogP contribution in [0.5, 0.6) is 5.75 Å². The van der Waals surface area contributed by atoms with Crippen LogP contribution in [0.4, 0.5) is 4.39 Å². The van der Waals surface area contributed by atoms with E-state index >= 15 is 0 Å². The van der Waals surface area contributed by atoms with Crippen molar-refractivity contribution in [2.45, 2.75) is 6.92 Å². The minimum atomic E-state index is -1.14. The Bertz CT molecular complexity index is 650. The number of methoxy groups -OCH3 is 1. The van der Waals surface area contributed by atoms with Crippen molar-refractivity contribution in [3.63, 3.8) is 0 Å². The molecule has 0 unspecified atom stereocenters. The molecule has 0 bridgehead atoms. The highest BCUT2D eigenvalue weighted by Crippen LogP contribution is 2.30. The third-order valence-corrected chi connectivity index (χ3v) is 2.98. The van der Waals surface area contributed by atoms with Crippen LogP contribution in [0, 0.1) is 12.7 Å². The fourth-order valence-corrected chi connectivity index (χ4v) is 1.93. The number of halogens is 1. The van der Waals surface area contributed by atoms with E-state index in [0.717, 1.165) is 0 Å². The molecule has 0 amide bonds. The van der Waals surface area contributed by atoms with E-state index in [0.29, 0.717) is 16.8 Å². The predicted octanol–water partition coefficient (Wildman–Crippen LogP) is 2.24. The lowest BCUT2D eigenvalue weighted by Crippen LogP contribution is -2.00. The number of carboxylic acid groups (broad SMARTS) is 1. The molecule has 0 saturated heterocycles. The number of benzene rings is 1. The first-order valence-corrected chi connectivity index (χ1v) is 5.56. The van der Waals surface area contributed by atoms with Crippen molar-refractivity contribution in [3.05, 3.63) is 35.4 Å². The second-order valence-electron chi connectivity index (χ2n) is 4.09. The van der Waals surface area contributed by atoms with E-state index in [4.69, 9.17) is 9.84 Å². The summed E-state index contributed by atoms with van der Waals surface area (Å²) < 4.78 is 20.0. The minimum absolute atomic E-state index is 0.0930. The number of ether oxygens (including phenoxy) is 1. The van der Waals surface area contributed by atoms with Crippen molar-refractivity contribution < 1.29 is 19.0 Å². The summed E-state index contributed by atoms with van der Waals surface area (Å²) in [5.74, 6) is -1.57. The molecule has 2 rings (SSSR count). The molecule has 1 heterocycles. The van der Waals surface area contributed by atoms with Gasteiger partial charge in [0.25, 0.3) is 0 Å². The molecule has 0 spiro atoms. The molecule has 0 saturated carbocycles. The van der Waals surface area contributed by atoms with Gasteiger partial charge in [-0.2, -0.15) is 5.10 Å². The molecule has 19 heavy (non-hydrogen) atoms. The average molecular weight is 264 g/mol. The summed E-state index contributed by atoms with van der Waals surface area (Å²) in [7, 11) is 3.02. The molecule has 0 atom stereocenters. The predicted molar refractivity (Wildman–Crippen MR) is 66.9 cm³/mol. The summed E-state index contributed by atoms with van der Waals surface area (Å²) in [5, 5.41) is 13.1. The van der Waals surface area contributed by atoms with Crippen molar-refractivity contribution in [3.8, 4) is 16.9 Å². The van der Waals surface area contributed by atoms with Crippen molar-refractivity contribution in [1.29, 1.82) is 0 Å². The summed E-state index contributed by atoms with van der Waals surface area (Å²) in [6, 6.07) is 4.32. The molecule has 0 radical (unpaired) electrons. The Hall–Kier alpha value is -2.37. The van der Waals surface area contributed by atoms with E-state index in [1.807, 2.05) is 0 Å². The Kier molecular flexibility index (Phi) is 3.25. The van der Waals surface area contributed by atoms with E-state index in [1.165, 1.54) is 23.9 Å². The lowest BCUT2D eigenvalue weighted by Gasteiger charge is -2.06. The molecule has 6 heteroatoms. The molecule has 1 aromatic heterocycles. The van der Waals surface area contributed by atoms with Crippen molar-refractivity contribution in [2.75, 3.05) is 7.11 Å². The Morgan fingerprint density at radius 1 is 1.47 bits per heavy atom. The van der Waals surface area contributed by atoms with Crippen LogP contribution in [0.3, 0.4) is 0 Å². The highest BCUT2D eigenvalue weighted by molar-refractivity contribution is 5.94. The number of nitrogens with zero attached hydrogens (tertiary/aromatic N) is 2. The lowest BCUT2D eigenvalue weighted by molar-refractivity contribution is 0.0690. The number of carboxylic acids is 1. The van der Waals surface area contributed by atoms with Gasteiger partial charge in [-0.1, -0.05) is 6.07 Å². The number of rotatable bonds is 3. The number of aromatic nitrogens is 2. The van der Waals surface area contributed by atoms with E-state index < -0.39 is 11.8 Å². The maximum absolute atomic E-state index is 13.7. The fourth-order valence-electron chi connectivity index (χ4n) is 1.93. The van der Waals surface area contributed by atoms with Gasteiger partial charge in [-0.15, -0.1) is 0 Å². The quantitative estimate of drug-likeness (QED) is 0.923. The topological polar surface area (TPSA) is 64.3 Å². The lowest BCUT2D eigenvalue weighted by atomic mass is 10.0. The number of carbonyl (C=O) groups is 1. The standard InChI is InChI=1S/C13H13FN2O3/c1-7-11(12(13(17)18)15-16(7)2)8-4-5-10(19-3)9(14)6-8/h4-6H,1-3H3,(H,17,18). The van der Waals surface area contributed by atoms with Crippen molar-refractivity contribution >= 4 is 5.97 Å². The maximum atomic E-state index is 13.7. The normalized spacial score (nSPS) is 10.5. The summed E-state index contributed by atoms with van der Waals surface area (Å²) in [6.07, 6.45) is 0. The van der Waals surface area contributed by atoms with Gasteiger partial charge in [-0.3, -0.25) is 4.68 Å². The van der Waals surface area contributed by atoms with Gasteiger partial charge >= 0.3 is 5.97 Å². The number of hydrogen-bond donors (Lipinski definition) is 1. The second-order valence-corrected chi connectivity index (χ2v) is 4.09. The molecule has 5 nitrogen and oxygen atoms in total.